The number of nitrogens with zero attached hydrogens (tertiary/aromatic N) is 3. The Labute approximate surface area is 206 Å². The third-order valence-electron chi connectivity index (χ3n) is 5.40. The van der Waals surface area contributed by atoms with E-state index in [4.69, 9.17) is 26.0 Å². The summed E-state index contributed by atoms with van der Waals surface area (Å²) in [6.45, 7) is 0.337. The van der Waals surface area contributed by atoms with Crippen LogP contribution in [0.2, 0.25) is 5.02 Å². The van der Waals surface area contributed by atoms with Crippen molar-refractivity contribution in [3.8, 4) is 34.0 Å². The first-order valence-corrected chi connectivity index (χ1v) is 11.1. The number of methoxy groups -OCH3 is 1. The van der Waals surface area contributed by atoms with Gasteiger partial charge in [-0.15, -0.1) is 0 Å². The number of carboxylic acid groups (broad SMARTS) is 1. The van der Waals surface area contributed by atoms with Gasteiger partial charge in [-0.1, -0.05) is 53.2 Å². The van der Waals surface area contributed by atoms with Crippen molar-refractivity contribution in [3.05, 3.63) is 82.6 Å². The monoisotopic (exact) mass is 495 g/mol. The van der Waals surface area contributed by atoms with Gasteiger partial charge in [-0.2, -0.15) is 4.98 Å². The Morgan fingerprint density at radius 1 is 1.09 bits per heavy atom. The van der Waals surface area contributed by atoms with Gasteiger partial charge in [-0.05, 0) is 42.4 Å². The summed E-state index contributed by atoms with van der Waals surface area (Å²) in [6.07, 6.45) is 0. The first-order valence-electron chi connectivity index (χ1n) is 10.8. The molecule has 0 saturated carbocycles. The molecule has 7 nitrogen and oxygen atoms in total. The molecule has 0 unspecified atom stereocenters. The van der Waals surface area contributed by atoms with Crippen molar-refractivity contribution in [3.63, 3.8) is 0 Å². The lowest BCUT2D eigenvalue weighted by molar-refractivity contribution is -0.138. The Kier molecular flexibility index (Phi) is 7.55. The summed E-state index contributed by atoms with van der Waals surface area (Å²) in [5, 5.41) is 13.5. The summed E-state index contributed by atoms with van der Waals surface area (Å²) in [4.78, 5) is 16.8. The van der Waals surface area contributed by atoms with Crippen LogP contribution in [0.3, 0.4) is 0 Å². The highest BCUT2D eigenvalue weighted by Crippen LogP contribution is 2.34. The molecule has 0 radical (unpaired) electrons. The lowest BCUT2D eigenvalue weighted by Crippen LogP contribution is -2.25. The summed E-state index contributed by atoms with van der Waals surface area (Å²) in [5.74, 6) is -0.920. The predicted octanol–water partition coefficient (Wildman–Crippen LogP) is 5.53. The van der Waals surface area contributed by atoms with Gasteiger partial charge in [0.05, 0.1) is 13.2 Å². The van der Waals surface area contributed by atoms with Crippen molar-refractivity contribution in [1.29, 1.82) is 0 Å². The molecule has 0 bridgehead atoms. The molecular formula is C26H23ClFN3O4. The highest BCUT2D eigenvalue weighted by Gasteiger charge is 2.16. The van der Waals surface area contributed by atoms with Gasteiger partial charge in [0.25, 0.3) is 5.89 Å². The molecule has 1 aromatic heterocycles. The summed E-state index contributed by atoms with van der Waals surface area (Å²) in [5.41, 5.74) is 4.25. The minimum absolute atomic E-state index is 0.163. The molecule has 0 fully saturated rings. The van der Waals surface area contributed by atoms with E-state index in [-0.39, 0.29) is 24.8 Å². The van der Waals surface area contributed by atoms with E-state index in [1.54, 1.807) is 26.3 Å². The molecule has 0 atom stereocenters. The number of carbonyl (C=O) groups is 1. The minimum Gasteiger partial charge on any atom is -0.480 e. The molecule has 1 heterocycles. The van der Waals surface area contributed by atoms with Crippen LogP contribution in [-0.4, -0.2) is 46.8 Å². The standard InChI is InChI=1S/C26H23ClFN3O4/c1-31(14-24(32)33)13-18-8-7-16(12-23(18)28)25-29-26(35-30-25)17-9-10-20(19(11-17)15-34-2)21-5-3-4-6-22(21)27/h3-12H,13-15H2,1-2H3,(H,32,33). The second-order valence-electron chi connectivity index (χ2n) is 8.08. The molecule has 4 aromatic rings. The molecule has 0 aliphatic carbocycles. The lowest BCUT2D eigenvalue weighted by Gasteiger charge is -2.14. The Morgan fingerprint density at radius 3 is 2.57 bits per heavy atom. The fraction of sp³-hybridized carbons (Fsp3) is 0.192. The zero-order valence-corrected chi connectivity index (χ0v) is 19.9. The minimum atomic E-state index is -0.975. The van der Waals surface area contributed by atoms with Crippen LogP contribution in [0.4, 0.5) is 4.39 Å². The van der Waals surface area contributed by atoms with Gasteiger partial charge in [0.15, 0.2) is 0 Å². The van der Waals surface area contributed by atoms with Crippen molar-refractivity contribution in [2.45, 2.75) is 13.2 Å². The summed E-state index contributed by atoms with van der Waals surface area (Å²) in [7, 11) is 3.23. The van der Waals surface area contributed by atoms with Gasteiger partial charge >= 0.3 is 5.97 Å². The number of carboxylic acids is 1. The smallest absolute Gasteiger partial charge is 0.317 e. The van der Waals surface area contributed by atoms with Gasteiger partial charge < -0.3 is 14.4 Å². The molecule has 0 aliphatic heterocycles. The molecule has 4 rings (SSSR count). The normalized spacial score (nSPS) is 11.2. The molecule has 3 aromatic carbocycles. The van der Waals surface area contributed by atoms with E-state index in [2.05, 4.69) is 10.1 Å². The summed E-state index contributed by atoms with van der Waals surface area (Å²) in [6, 6.07) is 17.8. The Bertz CT molecular complexity index is 1360. The Morgan fingerprint density at radius 2 is 1.86 bits per heavy atom. The topological polar surface area (TPSA) is 88.7 Å². The van der Waals surface area contributed by atoms with E-state index in [0.29, 0.717) is 28.3 Å². The molecule has 0 spiro atoms. The zero-order valence-electron chi connectivity index (χ0n) is 19.2. The maximum atomic E-state index is 14.7. The number of hydrogen-bond acceptors (Lipinski definition) is 6. The van der Waals surface area contributed by atoms with Gasteiger partial charge in [-0.25, -0.2) is 4.39 Å². The Balaban J connectivity index is 1.60. The van der Waals surface area contributed by atoms with Crippen LogP contribution in [0.1, 0.15) is 11.1 Å². The fourth-order valence-electron chi connectivity index (χ4n) is 3.79. The van der Waals surface area contributed by atoms with E-state index in [1.807, 2.05) is 42.5 Å². The second kappa shape index (κ2) is 10.8. The zero-order chi connectivity index (χ0) is 24.9. The first-order chi connectivity index (χ1) is 16.9. The van der Waals surface area contributed by atoms with E-state index in [1.165, 1.54) is 11.0 Å². The number of hydrogen-bond donors (Lipinski definition) is 1. The summed E-state index contributed by atoms with van der Waals surface area (Å²) >= 11 is 6.39. The van der Waals surface area contributed by atoms with Gasteiger partial charge in [0, 0.05) is 40.9 Å². The van der Waals surface area contributed by atoms with Crippen molar-refractivity contribution < 1.29 is 23.6 Å². The predicted molar refractivity (Wildman–Crippen MR) is 130 cm³/mol. The second-order valence-corrected chi connectivity index (χ2v) is 8.49. The number of halogens is 2. The average molecular weight is 496 g/mol. The molecular weight excluding hydrogens is 473 g/mol. The van der Waals surface area contributed by atoms with Crippen molar-refractivity contribution in [1.82, 2.24) is 15.0 Å². The van der Waals surface area contributed by atoms with Crippen molar-refractivity contribution in [2.75, 3.05) is 20.7 Å². The van der Waals surface area contributed by atoms with Crippen LogP contribution in [0.15, 0.2) is 65.2 Å². The third-order valence-corrected chi connectivity index (χ3v) is 5.73. The SMILES string of the molecule is COCc1cc(-c2nc(-c3ccc(CN(C)CC(=O)O)c(F)c3)no2)ccc1-c1ccccc1Cl. The van der Waals surface area contributed by atoms with Crippen LogP contribution in [0.25, 0.3) is 34.0 Å². The highest BCUT2D eigenvalue weighted by atomic mass is 35.5. The summed E-state index contributed by atoms with van der Waals surface area (Å²) < 4.78 is 25.5. The maximum absolute atomic E-state index is 14.7. The third kappa shape index (κ3) is 5.74. The molecule has 0 saturated heterocycles. The van der Waals surface area contributed by atoms with Crippen molar-refractivity contribution >= 4 is 17.6 Å². The highest BCUT2D eigenvalue weighted by molar-refractivity contribution is 6.33. The van der Waals surface area contributed by atoms with Crippen LogP contribution < -0.4 is 0 Å². The van der Waals surface area contributed by atoms with Gasteiger partial charge in [-0.3, -0.25) is 9.69 Å². The Hall–Kier alpha value is -3.59. The number of likely N-dealkylation sites (N-methyl/N-ethyl adjacent to an activating group) is 1. The molecule has 35 heavy (non-hydrogen) atoms. The number of ether oxygens (including phenoxy) is 1. The number of rotatable bonds is 9. The quantitative estimate of drug-likeness (QED) is 0.327. The van der Waals surface area contributed by atoms with Crippen LogP contribution in [0, 0.1) is 5.82 Å². The number of aromatic nitrogens is 2. The molecule has 0 amide bonds. The average Bonchev–Trinajstić information content (AvgIpc) is 3.31. The van der Waals surface area contributed by atoms with E-state index in [0.717, 1.165) is 16.7 Å². The molecule has 180 valence electrons. The molecule has 9 heteroatoms. The first kappa shape index (κ1) is 24.5. The molecule has 1 N–H and O–H groups in total. The largest absolute Gasteiger partial charge is 0.480 e. The van der Waals surface area contributed by atoms with Crippen molar-refractivity contribution in [2.24, 2.45) is 0 Å². The lowest BCUT2D eigenvalue weighted by atomic mass is 9.97. The van der Waals surface area contributed by atoms with E-state index in [9.17, 15) is 9.18 Å². The van der Waals surface area contributed by atoms with Crippen LogP contribution >= 0.6 is 11.6 Å². The van der Waals surface area contributed by atoms with Gasteiger partial charge in [0.1, 0.15) is 5.82 Å². The number of aliphatic carboxylic acids is 1. The van der Waals surface area contributed by atoms with Crippen LogP contribution in [0.5, 0.6) is 0 Å². The number of benzene rings is 3. The fourth-order valence-corrected chi connectivity index (χ4v) is 4.03. The van der Waals surface area contributed by atoms with E-state index >= 15 is 0 Å². The van der Waals surface area contributed by atoms with Crippen LogP contribution in [-0.2, 0) is 22.7 Å². The van der Waals surface area contributed by atoms with Gasteiger partial charge in [0.2, 0.25) is 5.82 Å². The van der Waals surface area contributed by atoms with E-state index < -0.39 is 11.8 Å². The molecule has 0 aliphatic rings. The maximum Gasteiger partial charge on any atom is 0.317 e.